The van der Waals surface area contributed by atoms with Crippen LogP contribution in [-0.4, -0.2) is 36.0 Å². The molecule has 1 aliphatic rings. The molecule has 0 radical (unpaired) electrons. The van der Waals surface area contributed by atoms with Gasteiger partial charge in [0, 0.05) is 25.2 Å². The van der Waals surface area contributed by atoms with E-state index in [2.05, 4.69) is 64.7 Å². The fourth-order valence-electron chi connectivity index (χ4n) is 3.63. The summed E-state index contributed by atoms with van der Waals surface area (Å²) in [5.74, 6) is 0.900. The maximum Gasteiger partial charge on any atom is 0.182 e. The molecule has 1 aliphatic heterocycles. The van der Waals surface area contributed by atoms with Crippen LogP contribution in [0.25, 0.3) is 11.2 Å². The maximum atomic E-state index is 4.66. The first kappa shape index (κ1) is 15.1. The number of anilines is 1. The zero-order chi connectivity index (χ0) is 17.3. The lowest BCUT2D eigenvalue weighted by atomic mass is 10.1. The van der Waals surface area contributed by atoms with Crippen LogP contribution in [0, 0.1) is 0 Å². The van der Waals surface area contributed by atoms with E-state index in [-0.39, 0.29) is 0 Å². The van der Waals surface area contributed by atoms with Gasteiger partial charge in [0.15, 0.2) is 11.5 Å². The largest absolute Gasteiger partial charge is 0.348 e. The Hall–Kier alpha value is -3.22. The Morgan fingerprint density at radius 3 is 2.88 bits per heavy atom. The molecule has 7 heteroatoms. The summed E-state index contributed by atoms with van der Waals surface area (Å²) in [7, 11) is 0. The fourth-order valence-corrected chi connectivity index (χ4v) is 3.63. The van der Waals surface area contributed by atoms with Crippen LogP contribution in [0.5, 0.6) is 0 Å². The summed E-state index contributed by atoms with van der Waals surface area (Å²) in [5, 5.41) is 0. The van der Waals surface area contributed by atoms with E-state index < -0.39 is 0 Å². The highest BCUT2D eigenvalue weighted by Crippen LogP contribution is 2.26. The molecule has 3 aromatic heterocycles. The second-order valence-corrected chi connectivity index (χ2v) is 6.54. The Morgan fingerprint density at radius 1 is 1.04 bits per heavy atom. The van der Waals surface area contributed by atoms with Crippen molar-refractivity contribution in [3.05, 3.63) is 66.3 Å². The lowest BCUT2D eigenvalue weighted by Crippen LogP contribution is -2.32. The number of hydrogen-bond donors (Lipinski definition) is 1. The van der Waals surface area contributed by atoms with Crippen molar-refractivity contribution in [3.63, 3.8) is 0 Å². The summed E-state index contributed by atoms with van der Waals surface area (Å²) in [5.41, 5.74) is 5.42. The average molecular weight is 345 g/mol. The van der Waals surface area contributed by atoms with Gasteiger partial charge in [0.25, 0.3) is 0 Å². The molecule has 4 heterocycles. The number of aromatic amines is 1. The molecule has 130 valence electrons. The zero-order valence-electron chi connectivity index (χ0n) is 14.3. The first-order chi connectivity index (χ1) is 12.9. The second-order valence-electron chi connectivity index (χ2n) is 6.54. The van der Waals surface area contributed by atoms with Crippen LogP contribution in [0.3, 0.4) is 0 Å². The van der Waals surface area contributed by atoms with E-state index in [1.807, 2.05) is 6.33 Å². The SMILES string of the molecule is c1ccc(CCn2cnc3c2CCN(c2ncnc4nc[nH]c24)C3)cc1. The van der Waals surface area contributed by atoms with Gasteiger partial charge in [-0.25, -0.2) is 19.9 Å². The van der Waals surface area contributed by atoms with Crippen LogP contribution < -0.4 is 4.90 Å². The molecule has 0 saturated heterocycles. The number of nitrogens with one attached hydrogen (secondary N) is 1. The van der Waals surface area contributed by atoms with Gasteiger partial charge in [-0.2, -0.15) is 0 Å². The number of hydrogen-bond acceptors (Lipinski definition) is 5. The molecule has 0 saturated carbocycles. The summed E-state index contributed by atoms with van der Waals surface area (Å²) in [6.45, 7) is 2.64. The number of fused-ring (bicyclic) bond motifs is 2. The third kappa shape index (κ3) is 2.61. The third-order valence-corrected chi connectivity index (χ3v) is 4.98. The smallest absolute Gasteiger partial charge is 0.182 e. The highest BCUT2D eigenvalue weighted by Gasteiger charge is 2.23. The number of imidazole rings is 2. The molecule has 7 nitrogen and oxygen atoms in total. The first-order valence-corrected chi connectivity index (χ1v) is 8.84. The van der Waals surface area contributed by atoms with Crippen molar-refractivity contribution in [2.24, 2.45) is 0 Å². The minimum atomic E-state index is 0.703. The van der Waals surface area contributed by atoms with Gasteiger partial charge in [0.05, 0.1) is 24.9 Å². The molecule has 0 aliphatic carbocycles. The lowest BCUT2D eigenvalue weighted by Gasteiger charge is -2.28. The molecule has 1 aromatic carbocycles. The molecule has 5 rings (SSSR count). The van der Waals surface area contributed by atoms with Gasteiger partial charge >= 0.3 is 0 Å². The van der Waals surface area contributed by atoms with Crippen molar-refractivity contribution in [3.8, 4) is 0 Å². The van der Waals surface area contributed by atoms with E-state index >= 15 is 0 Å². The van der Waals surface area contributed by atoms with Gasteiger partial charge in [0.1, 0.15) is 11.8 Å². The Kier molecular flexibility index (Phi) is 3.62. The molecule has 0 fully saturated rings. The summed E-state index contributed by atoms with van der Waals surface area (Å²) in [6.07, 6.45) is 7.20. The Bertz CT molecular complexity index is 1030. The molecule has 0 spiro atoms. The molecule has 1 N–H and O–H groups in total. The van der Waals surface area contributed by atoms with E-state index in [1.165, 1.54) is 11.3 Å². The molecule has 0 bridgehead atoms. The zero-order valence-corrected chi connectivity index (χ0v) is 14.3. The number of benzene rings is 1. The molecule has 0 atom stereocenters. The number of nitrogens with zero attached hydrogens (tertiary/aromatic N) is 6. The highest BCUT2D eigenvalue weighted by atomic mass is 15.2. The molecular formula is C19H19N7. The monoisotopic (exact) mass is 345 g/mol. The maximum absolute atomic E-state index is 4.66. The van der Waals surface area contributed by atoms with Crippen molar-refractivity contribution in [2.45, 2.75) is 25.9 Å². The minimum Gasteiger partial charge on any atom is -0.348 e. The first-order valence-electron chi connectivity index (χ1n) is 8.84. The van der Waals surface area contributed by atoms with E-state index in [0.717, 1.165) is 49.5 Å². The molecule has 4 aromatic rings. The summed E-state index contributed by atoms with van der Waals surface area (Å²) in [6, 6.07) is 10.6. The van der Waals surface area contributed by atoms with E-state index in [0.29, 0.717) is 5.65 Å². The number of aromatic nitrogens is 6. The summed E-state index contributed by atoms with van der Waals surface area (Å²) < 4.78 is 2.30. The van der Waals surface area contributed by atoms with E-state index in [9.17, 15) is 0 Å². The van der Waals surface area contributed by atoms with Crippen molar-refractivity contribution in [2.75, 3.05) is 11.4 Å². The molecule has 26 heavy (non-hydrogen) atoms. The minimum absolute atomic E-state index is 0.703. The standard InChI is InChI=1S/C19H19N7/c1-2-4-14(5-3-1)6-8-26-13-24-15-10-25(9-7-16(15)26)19-17-18(21-11-20-17)22-12-23-19/h1-5,11-13H,6-10H2,(H,20,21,22,23). The van der Waals surface area contributed by atoms with Gasteiger partial charge in [-0.3, -0.25) is 0 Å². The molecule has 0 unspecified atom stereocenters. The van der Waals surface area contributed by atoms with Crippen molar-refractivity contribution in [1.82, 2.24) is 29.5 Å². The fraction of sp³-hybridized carbons (Fsp3) is 0.263. The van der Waals surface area contributed by atoms with Gasteiger partial charge < -0.3 is 14.5 Å². The van der Waals surface area contributed by atoms with E-state index in [1.54, 1.807) is 12.7 Å². The average Bonchev–Trinajstić information content (AvgIpc) is 3.33. The van der Waals surface area contributed by atoms with Crippen LogP contribution in [-0.2, 0) is 25.9 Å². The molecular weight excluding hydrogens is 326 g/mol. The quantitative estimate of drug-likeness (QED) is 0.614. The molecule has 0 amide bonds. The van der Waals surface area contributed by atoms with Crippen molar-refractivity contribution >= 4 is 17.0 Å². The lowest BCUT2D eigenvalue weighted by molar-refractivity contribution is 0.623. The topological polar surface area (TPSA) is 75.5 Å². The normalized spacial score (nSPS) is 13.9. The summed E-state index contributed by atoms with van der Waals surface area (Å²) >= 11 is 0. The number of H-pyrrole nitrogens is 1. The Labute approximate surface area is 150 Å². The van der Waals surface area contributed by atoms with Crippen LogP contribution in [0.2, 0.25) is 0 Å². The third-order valence-electron chi connectivity index (χ3n) is 4.98. The predicted molar refractivity (Wildman–Crippen MR) is 98.8 cm³/mol. The summed E-state index contributed by atoms with van der Waals surface area (Å²) in [4.78, 5) is 23.0. The van der Waals surface area contributed by atoms with Crippen LogP contribution in [0.1, 0.15) is 17.0 Å². The van der Waals surface area contributed by atoms with Crippen molar-refractivity contribution < 1.29 is 0 Å². The van der Waals surface area contributed by atoms with Crippen molar-refractivity contribution in [1.29, 1.82) is 0 Å². The Balaban J connectivity index is 1.36. The van der Waals surface area contributed by atoms with E-state index in [4.69, 9.17) is 0 Å². The predicted octanol–water partition coefficient (Wildman–Crippen LogP) is 2.35. The van der Waals surface area contributed by atoms with Gasteiger partial charge in [0.2, 0.25) is 0 Å². The Morgan fingerprint density at radius 2 is 1.96 bits per heavy atom. The van der Waals surface area contributed by atoms with Crippen LogP contribution >= 0.6 is 0 Å². The van der Waals surface area contributed by atoms with Crippen LogP contribution in [0.4, 0.5) is 5.82 Å². The van der Waals surface area contributed by atoms with Gasteiger partial charge in [-0.05, 0) is 12.0 Å². The highest BCUT2D eigenvalue weighted by molar-refractivity contribution is 5.82. The second kappa shape index (κ2) is 6.25. The number of rotatable bonds is 4. The van der Waals surface area contributed by atoms with Gasteiger partial charge in [-0.15, -0.1) is 0 Å². The van der Waals surface area contributed by atoms with Crippen LogP contribution in [0.15, 0.2) is 49.3 Å². The number of aryl methyl sites for hydroxylation is 2. The van der Waals surface area contributed by atoms with Gasteiger partial charge in [-0.1, -0.05) is 30.3 Å².